The number of hydrogen-bond acceptors (Lipinski definition) is 4. The van der Waals surface area contributed by atoms with Crippen LogP contribution in [-0.4, -0.2) is 38.4 Å². The maximum Gasteiger partial charge on any atom is 0.422 e. The number of methoxy groups -OCH3 is 1. The van der Waals surface area contributed by atoms with Gasteiger partial charge in [-0.3, -0.25) is 4.79 Å². The first-order chi connectivity index (χ1) is 12.8. The second kappa shape index (κ2) is 11.4. The van der Waals surface area contributed by atoms with E-state index >= 15 is 0 Å². The number of benzene rings is 1. The molecule has 0 spiro atoms. The Bertz CT molecular complexity index is 629. The summed E-state index contributed by atoms with van der Waals surface area (Å²) < 4.78 is 46.7. The van der Waals surface area contributed by atoms with Crippen LogP contribution in [-0.2, 0) is 11.2 Å². The molecule has 1 aromatic rings. The summed E-state index contributed by atoms with van der Waals surface area (Å²) in [5, 5.41) is 3.07. The van der Waals surface area contributed by atoms with Gasteiger partial charge in [-0.05, 0) is 49.4 Å². The molecule has 2 atom stereocenters. The standard InChI is InChI=1S/C19H27F3N2O3.ClH/c1-26-17-10-13(6-8-16(17)27-12-19(20,21)22)7-9-18(25)24-15-5-3-2-4-14(15)11-23;/h6,8,10,14-15H,2-5,7,9,11-12,23H2,1H3,(H,24,25);1H. The molecule has 160 valence electrons. The smallest absolute Gasteiger partial charge is 0.422 e. The van der Waals surface area contributed by atoms with Crippen LogP contribution in [0.25, 0.3) is 0 Å². The Morgan fingerprint density at radius 1 is 1.25 bits per heavy atom. The normalized spacial score (nSPS) is 19.5. The van der Waals surface area contributed by atoms with Gasteiger partial charge in [0.1, 0.15) is 0 Å². The lowest BCUT2D eigenvalue weighted by Crippen LogP contribution is -2.44. The number of hydrogen-bond donors (Lipinski definition) is 2. The van der Waals surface area contributed by atoms with Crippen LogP contribution in [0.2, 0.25) is 0 Å². The molecule has 5 nitrogen and oxygen atoms in total. The number of rotatable bonds is 8. The van der Waals surface area contributed by atoms with Gasteiger partial charge in [-0.25, -0.2) is 0 Å². The number of carbonyl (C=O) groups excluding carboxylic acids is 1. The van der Waals surface area contributed by atoms with Gasteiger partial charge >= 0.3 is 6.18 Å². The molecule has 28 heavy (non-hydrogen) atoms. The van der Waals surface area contributed by atoms with Crippen molar-refractivity contribution in [2.75, 3.05) is 20.3 Å². The Balaban J connectivity index is 0.00000392. The largest absolute Gasteiger partial charge is 0.493 e. The summed E-state index contributed by atoms with van der Waals surface area (Å²) in [6, 6.07) is 4.81. The molecule has 1 aliphatic rings. The molecular weight excluding hydrogens is 397 g/mol. The summed E-state index contributed by atoms with van der Waals surface area (Å²) in [6.07, 6.45) is 0.573. The van der Waals surface area contributed by atoms with E-state index in [1.807, 2.05) is 0 Å². The van der Waals surface area contributed by atoms with E-state index in [4.69, 9.17) is 15.2 Å². The van der Waals surface area contributed by atoms with Crippen molar-refractivity contribution >= 4 is 18.3 Å². The number of ether oxygens (including phenoxy) is 2. The molecule has 9 heteroatoms. The molecule has 0 aliphatic heterocycles. The van der Waals surface area contributed by atoms with Gasteiger partial charge in [0.25, 0.3) is 0 Å². The topological polar surface area (TPSA) is 73.6 Å². The van der Waals surface area contributed by atoms with E-state index in [2.05, 4.69) is 5.32 Å². The summed E-state index contributed by atoms with van der Waals surface area (Å²) in [6.45, 7) is -0.809. The Morgan fingerprint density at radius 3 is 2.61 bits per heavy atom. The Hall–Kier alpha value is -1.67. The molecular formula is C19H28ClF3N2O3. The van der Waals surface area contributed by atoms with Gasteiger partial charge in [0.15, 0.2) is 18.1 Å². The van der Waals surface area contributed by atoms with Crippen LogP contribution in [0.15, 0.2) is 18.2 Å². The van der Waals surface area contributed by atoms with E-state index in [1.54, 1.807) is 12.1 Å². The third kappa shape index (κ3) is 7.75. The first kappa shape index (κ1) is 24.4. The van der Waals surface area contributed by atoms with Gasteiger partial charge in [-0.15, -0.1) is 12.4 Å². The van der Waals surface area contributed by atoms with Crippen LogP contribution < -0.4 is 20.5 Å². The predicted molar refractivity (Wildman–Crippen MR) is 103 cm³/mol. The number of amides is 1. The van der Waals surface area contributed by atoms with E-state index in [9.17, 15) is 18.0 Å². The maximum absolute atomic E-state index is 12.3. The molecule has 1 saturated carbocycles. The highest BCUT2D eigenvalue weighted by atomic mass is 35.5. The second-order valence-corrected chi connectivity index (χ2v) is 6.84. The Morgan fingerprint density at radius 2 is 1.96 bits per heavy atom. The van der Waals surface area contributed by atoms with Gasteiger partial charge in [-0.2, -0.15) is 13.2 Å². The summed E-state index contributed by atoms with van der Waals surface area (Å²) in [7, 11) is 1.36. The van der Waals surface area contributed by atoms with E-state index < -0.39 is 12.8 Å². The molecule has 0 radical (unpaired) electrons. The lowest BCUT2D eigenvalue weighted by atomic mass is 9.84. The third-order valence-corrected chi connectivity index (χ3v) is 4.82. The van der Waals surface area contributed by atoms with Gasteiger partial charge in [-0.1, -0.05) is 18.9 Å². The monoisotopic (exact) mass is 424 g/mol. The highest BCUT2D eigenvalue weighted by molar-refractivity contribution is 5.85. The van der Waals surface area contributed by atoms with E-state index in [0.717, 1.165) is 31.2 Å². The van der Waals surface area contributed by atoms with Crippen molar-refractivity contribution in [3.05, 3.63) is 23.8 Å². The fourth-order valence-electron chi connectivity index (χ4n) is 3.36. The van der Waals surface area contributed by atoms with Crippen molar-refractivity contribution in [1.29, 1.82) is 0 Å². The number of nitrogens with two attached hydrogens (primary N) is 1. The number of carbonyl (C=O) groups is 1. The maximum atomic E-state index is 12.3. The molecule has 1 aliphatic carbocycles. The number of halogens is 4. The van der Waals surface area contributed by atoms with Crippen molar-refractivity contribution in [2.24, 2.45) is 11.7 Å². The number of nitrogens with one attached hydrogen (secondary N) is 1. The summed E-state index contributed by atoms with van der Waals surface area (Å²) in [5.41, 5.74) is 6.58. The lowest BCUT2D eigenvalue weighted by molar-refractivity contribution is -0.153. The minimum absolute atomic E-state index is 0. The fourth-order valence-corrected chi connectivity index (χ4v) is 3.36. The van der Waals surface area contributed by atoms with E-state index in [-0.39, 0.29) is 35.9 Å². The van der Waals surface area contributed by atoms with Crippen LogP contribution in [0.1, 0.15) is 37.7 Å². The van der Waals surface area contributed by atoms with E-state index in [0.29, 0.717) is 25.3 Å². The third-order valence-electron chi connectivity index (χ3n) is 4.82. The van der Waals surface area contributed by atoms with Crippen LogP contribution in [0.3, 0.4) is 0 Å². The first-order valence-corrected chi connectivity index (χ1v) is 9.18. The average molecular weight is 425 g/mol. The fraction of sp³-hybridized carbons (Fsp3) is 0.632. The van der Waals surface area contributed by atoms with Gasteiger partial charge in [0, 0.05) is 12.5 Å². The first-order valence-electron chi connectivity index (χ1n) is 9.18. The molecule has 0 bridgehead atoms. The Labute approximate surface area is 169 Å². The predicted octanol–water partition coefficient (Wildman–Crippen LogP) is 3.62. The second-order valence-electron chi connectivity index (χ2n) is 6.84. The quantitative estimate of drug-likeness (QED) is 0.668. The lowest BCUT2D eigenvalue weighted by Gasteiger charge is -2.31. The van der Waals surface area contributed by atoms with Crippen LogP contribution in [0.4, 0.5) is 13.2 Å². The zero-order valence-corrected chi connectivity index (χ0v) is 16.7. The highest BCUT2D eigenvalue weighted by Crippen LogP contribution is 2.30. The molecule has 2 unspecified atom stereocenters. The van der Waals surface area contributed by atoms with Crippen molar-refractivity contribution in [2.45, 2.75) is 50.7 Å². The Kier molecular flexibility index (Phi) is 9.89. The van der Waals surface area contributed by atoms with Gasteiger partial charge in [0.2, 0.25) is 5.91 Å². The van der Waals surface area contributed by atoms with Gasteiger partial charge < -0.3 is 20.5 Å². The van der Waals surface area contributed by atoms with Gasteiger partial charge in [0.05, 0.1) is 7.11 Å². The van der Waals surface area contributed by atoms with Crippen LogP contribution in [0, 0.1) is 5.92 Å². The molecule has 0 saturated heterocycles. The SMILES string of the molecule is COc1cc(CCC(=O)NC2CCCCC2CN)ccc1OCC(F)(F)F.Cl. The summed E-state index contributed by atoms with van der Waals surface area (Å²) in [4.78, 5) is 12.2. The molecule has 3 N–H and O–H groups in total. The zero-order valence-electron chi connectivity index (χ0n) is 15.9. The average Bonchev–Trinajstić information content (AvgIpc) is 2.64. The van der Waals surface area contributed by atoms with Crippen molar-refractivity contribution in [1.82, 2.24) is 5.32 Å². The van der Waals surface area contributed by atoms with Crippen LogP contribution in [0.5, 0.6) is 11.5 Å². The zero-order chi connectivity index (χ0) is 19.9. The molecule has 2 rings (SSSR count). The molecule has 0 aromatic heterocycles. The minimum Gasteiger partial charge on any atom is -0.493 e. The number of aryl methyl sites for hydroxylation is 1. The molecule has 0 heterocycles. The minimum atomic E-state index is -4.41. The van der Waals surface area contributed by atoms with Crippen molar-refractivity contribution < 1.29 is 27.4 Å². The molecule has 1 fully saturated rings. The summed E-state index contributed by atoms with van der Waals surface area (Å²) >= 11 is 0. The van der Waals surface area contributed by atoms with Crippen molar-refractivity contribution in [3.63, 3.8) is 0 Å². The molecule has 1 amide bonds. The highest BCUT2D eigenvalue weighted by Gasteiger charge is 2.29. The number of alkyl halides is 3. The van der Waals surface area contributed by atoms with Crippen molar-refractivity contribution in [3.8, 4) is 11.5 Å². The molecule has 1 aromatic carbocycles. The van der Waals surface area contributed by atoms with Crippen LogP contribution >= 0.6 is 12.4 Å². The summed E-state index contributed by atoms with van der Waals surface area (Å²) in [5.74, 6) is 0.522. The van der Waals surface area contributed by atoms with E-state index in [1.165, 1.54) is 13.2 Å².